The summed E-state index contributed by atoms with van der Waals surface area (Å²) >= 11 is 0. The number of ether oxygens (including phenoxy) is 1. The quantitative estimate of drug-likeness (QED) is 0.370. The molecule has 0 unspecified atom stereocenters. The SMILES string of the molecule is C=C(C)C(=O)N1CCC(C(=N/C=C\C)C(=C)Oc2ccc(C(C)(C)F)cn2)CC1. The normalized spacial score (nSPS) is 16.2. The van der Waals surface area contributed by atoms with Crippen LogP contribution < -0.4 is 4.74 Å². The van der Waals surface area contributed by atoms with Crippen LogP contribution >= 0.6 is 0 Å². The van der Waals surface area contributed by atoms with E-state index in [1.807, 2.05) is 17.9 Å². The Morgan fingerprint density at radius 1 is 1.34 bits per heavy atom. The lowest BCUT2D eigenvalue weighted by atomic mass is 9.90. The van der Waals surface area contributed by atoms with Crippen LogP contribution in [-0.4, -0.2) is 34.6 Å². The Kier molecular flexibility index (Phi) is 7.48. The zero-order valence-electron chi connectivity index (χ0n) is 17.7. The van der Waals surface area contributed by atoms with Gasteiger partial charge in [0.2, 0.25) is 11.8 Å². The first-order valence-electron chi connectivity index (χ1n) is 9.79. The summed E-state index contributed by atoms with van der Waals surface area (Å²) in [5.41, 5.74) is 0.302. The van der Waals surface area contributed by atoms with E-state index in [1.165, 1.54) is 20.0 Å². The summed E-state index contributed by atoms with van der Waals surface area (Å²) < 4.78 is 19.8. The van der Waals surface area contributed by atoms with Gasteiger partial charge in [0.05, 0.1) is 5.71 Å². The van der Waals surface area contributed by atoms with E-state index < -0.39 is 5.67 Å². The van der Waals surface area contributed by atoms with Crippen LogP contribution in [-0.2, 0) is 10.5 Å². The van der Waals surface area contributed by atoms with Crippen LogP contribution in [0.15, 0.2) is 60.1 Å². The van der Waals surface area contributed by atoms with Crippen LogP contribution in [0.25, 0.3) is 0 Å². The van der Waals surface area contributed by atoms with E-state index in [0.717, 1.165) is 18.6 Å². The molecule has 5 nitrogen and oxygen atoms in total. The molecular weight excluding hydrogens is 369 g/mol. The number of piperidine rings is 1. The van der Waals surface area contributed by atoms with Crippen LogP contribution in [0, 0.1) is 5.92 Å². The first-order chi connectivity index (χ1) is 13.6. The molecule has 29 heavy (non-hydrogen) atoms. The van der Waals surface area contributed by atoms with Crippen molar-refractivity contribution in [1.82, 2.24) is 9.88 Å². The lowest BCUT2D eigenvalue weighted by Gasteiger charge is -2.32. The van der Waals surface area contributed by atoms with Crippen molar-refractivity contribution in [3.63, 3.8) is 0 Å². The first kappa shape index (κ1) is 22.5. The summed E-state index contributed by atoms with van der Waals surface area (Å²) in [6.45, 7) is 15.6. The van der Waals surface area contributed by atoms with Gasteiger partial charge in [-0.25, -0.2) is 9.37 Å². The summed E-state index contributed by atoms with van der Waals surface area (Å²) in [6, 6.07) is 3.28. The highest BCUT2D eigenvalue weighted by Gasteiger charge is 2.28. The molecule has 0 spiro atoms. The largest absolute Gasteiger partial charge is 0.438 e. The molecule has 0 radical (unpaired) electrons. The van der Waals surface area contributed by atoms with E-state index in [9.17, 15) is 9.18 Å². The number of hydrogen-bond acceptors (Lipinski definition) is 4. The molecule has 0 aromatic carbocycles. The van der Waals surface area contributed by atoms with Gasteiger partial charge in [-0.3, -0.25) is 9.79 Å². The molecule has 1 amide bonds. The molecule has 1 fully saturated rings. The lowest BCUT2D eigenvalue weighted by molar-refractivity contribution is -0.128. The molecule has 2 heterocycles. The van der Waals surface area contributed by atoms with Gasteiger partial charge in [0.1, 0.15) is 11.4 Å². The molecule has 0 N–H and O–H groups in total. The second-order valence-corrected chi connectivity index (χ2v) is 7.73. The number of aromatic nitrogens is 1. The minimum Gasteiger partial charge on any atom is -0.438 e. The number of aliphatic imine (C=N–C) groups is 1. The van der Waals surface area contributed by atoms with E-state index in [1.54, 1.807) is 25.3 Å². The highest BCUT2D eigenvalue weighted by Crippen LogP contribution is 2.27. The molecule has 2 rings (SSSR count). The average Bonchev–Trinajstić information content (AvgIpc) is 2.68. The van der Waals surface area contributed by atoms with Crippen LogP contribution in [0.2, 0.25) is 0 Å². The standard InChI is InChI=1S/C23H30FN3O2/c1-7-12-25-21(18-10-13-27(14-11-18)22(28)16(2)3)17(4)29-20-9-8-19(15-26-20)23(5,6)24/h7-9,12,15,18H,2,4,10-11,13-14H2,1,3,5-6H3/b12-7-,25-21?. The average molecular weight is 400 g/mol. The molecule has 1 aromatic heterocycles. The van der Waals surface area contributed by atoms with Crippen LogP contribution in [0.4, 0.5) is 4.39 Å². The smallest absolute Gasteiger partial charge is 0.248 e. The monoisotopic (exact) mass is 399 g/mol. The zero-order valence-corrected chi connectivity index (χ0v) is 17.7. The molecule has 0 aliphatic carbocycles. The number of carbonyl (C=O) groups is 1. The lowest BCUT2D eigenvalue weighted by Crippen LogP contribution is -2.41. The summed E-state index contributed by atoms with van der Waals surface area (Å²) in [7, 11) is 0. The van der Waals surface area contributed by atoms with Gasteiger partial charge in [-0.15, -0.1) is 0 Å². The second-order valence-electron chi connectivity index (χ2n) is 7.73. The van der Waals surface area contributed by atoms with Gasteiger partial charge in [0.15, 0.2) is 0 Å². The fourth-order valence-corrected chi connectivity index (χ4v) is 3.16. The number of nitrogens with zero attached hydrogens (tertiary/aromatic N) is 3. The molecule has 156 valence electrons. The van der Waals surface area contributed by atoms with Crippen molar-refractivity contribution < 1.29 is 13.9 Å². The predicted octanol–water partition coefficient (Wildman–Crippen LogP) is 4.97. The van der Waals surface area contributed by atoms with Crippen molar-refractivity contribution in [2.24, 2.45) is 10.9 Å². The number of halogens is 1. The predicted molar refractivity (Wildman–Crippen MR) is 115 cm³/mol. The van der Waals surface area contributed by atoms with Gasteiger partial charge >= 0.3 is 0 Å². The van der Waals surface area contributed by atoms with Gasteiger partial charge in [0, 0.05) is 48.6 Å². The molecule has 0 atom stereocenters. The van der Waals surface area contributed by atoms with Gasteiger partial charge in [-0.1, -0.05) is 19.2 Å². The second kappa shape index (κ2) is 9.63. The summed E-state index contributed by atoms with van der Waals surface area (Å²) in [4.78, 5) is 22.7. The Bertz CT molecular complexity index is 812. The Hall–Kier alpha value is -2.76. The van der Waals surface area contributed by atoms with E-state index in [2.05, 4.69) is 23.1 Å². The molecule has 1 saturated heterocycles. The van der Waals surface area contributed by atoms with Crippen molar-refractivity contribution in [2.75, 3.05) is 13.1 Å². The van der Waals surface area contributed by atoms with Crippen LogP contribution in [0.1, 0.15) is 46.1 Å². The fourth-order valence-electron chi connectivity index (χ4n) is 3.16. The van der Waals surface area contributed by atoms with Crippen molar-refractivity contribution in [2.45, 2.75) is 46.2 Å². The van der Waals surface area contributed by atoms with Gasteiger partial charge in [-0.2, -0.15) is 0 Å². The summed E-state index contributed by atoms with van der Waals surface area (Å²) in [6.07, 6.45) is 6.54. The molecule has 6 heteroatoms. The number of rotatable bonds is 7. The van der Waals surface area contributed by atoms with E-state index in [0.29, 0.717) is 35.9 Å². The Morgan fingerprint density at radius 3 is 2.48 bits per heavy atom. The van der Waals surface area contributed by atoms with Crippen LogP contribution in [0.5, 0.6) is 5.88 Å². The minimum atomic E-state index is -1.46. The maximum absolute atomic E-state index is 14.0. The number of amides is 1. The maximum Gasteiger partial charge on any atom is 0.248 e. The first-order valence-corrected chi connectivity index (χ1v) is 9.79. The molecule has 1 aliphatic heterocycles. The molecular formula is C23H30FN3O2. The summed E-state index contributed by atoms with van der Waals surface area (Å²) in [5.74, 6) is 0.862. The van der Waals surface area contributed by atoms with Crippen molar-refractivity contribution in [3.8, 4) is 5.88 Å². The number of hydrogen-bond donors (Lipinski definition) is 0. The van der Waals surface area contributed by atoms with Crippen molar-refractivity contribution in [1.29, 1.82) is 0 Å². The van der Waals surface area contributed by atoms with E-state index in [4.69, 9.17) is 4.74 Å². The molecule has 0 bridgehead atoms. The maximum atomic E-state index is 14.0. The zero-order chi connectivity index (χ0) is 21.6. The number of likely N-dealkylation sites (tertiary alicyclic amines) is 1. The Labute approximate surface area is 172 Å². The van der Waals surface area contributed by atoms with Gasteiger partial charge < -0.3 is 9.64 Å². The minimum absolute atomic E-state index is 0.00875. The van der Waals surface area contributed by atoms with Gasteiger partial charge in [0.25, 0.3) is 0 Å². The number of alkyl halides is 1. The topological polar surface area (TPSA) is 54.8 Å². The number of allylic oxidation sites excluding steroid dienone is 2. The van der Waals surface area contributed by atoms with Gasteiger partial charge in [-0.05, 0) is 46.6 Å². The van der Waals surface area contributed by atoms with Crippen molar-refractivity contribution >= 4 is 11.6 Å². The van der Waals surface area contributed by atoms with Crippen molar-refractivity contribution in [3.05, 3.63) is 60.7 Å². The third-order valence-corrected chi connectivity index (χ3v) is 4.83. The highest BCUT2D eigenvalue weighted by atomic mass is 19.1. The van der Waals surface area contributed by atoms with E-state index in [-0.39, 0.29) is 11.8 Å². The third kappa shape index (κ3) is 6.11. The molecule has 1 aliphatic rings. The third-order valence-electron chi connectivity index (χ3n) is 4.83. The Balaban J connectivity index is 2.09. The summed E-state index contributed by atoms with van der Waals surface area (Å²) in [5, 5.41) is 0. The molecule has 1 aromatic rings. The Morgan fingerprint density at radius 2 is 2.00 bits per heavy atom. The fraction of sp³-hybridized carbons (Fsp3) is 0.435. The number of pyridine rings is 1. The number of carbonyl (C=O) groups excluding carboxylic acids is 1. The van der Waals surface area contributed by atoms with E-state index >= 15 is 0 Å². The van der Waals surface area contributed by atoms with Crippen LogP contribution in [0.3, 0.4) is 0 Å². The molecule has 0 saturated carbocycles. The highest BCUT2D eigenvalue weighted by molar-refractivity contribution is 6.00.